The Labute approximate surface area is 86.5 Å². The number of hydrogen-bond acceptors (Lipinski definition) is 3. The lowest BCUT2D eigenvalue weighted by atomic mass is 10.0. The summed E-state index contributed by atoms with van der Waals surface area (Å²) >= 11 is 0. The van der Waals surface area contributed by atoms with E-state index < -0.39 is 6.43 Å². The largest absolute Gasteiger partial charge is 0.326 e. The van der Waals surface area contributed by atoms with Crippen molar-refractivity contribution in [1.82, 2.24) is 4.98 Å². The number of aromatic nitrogens is 1. The third-order valence-corrected chi connectivity index (χ3v) is 2.18. The average Bonchev–Trinajstić information content (AvgIpc) is 2.19. The molecule has 0 fully saturated rings. The maximum atomic E-state index is 12.7. The molecule has 5 heteroatoms. The lowest BCUT2D eigenvalue weighted by Gasteiger charge is -2.12. The number of pyridine rings is 1. The highest BCUT2D eigenvalue weighted by atomic mass is 19.3. The van der Waals surface area contributed by atoms with Crippen molar-refractivity contribution in [2.24, 2.45) is 5.73 Å². The zero-order chi connectivity index (χ0) is 11.4. The van der Waals surface area contributed by atoms with Crippen LogP contribution in [0.4, 0.5) is 8.78 Å². The Morgan fingerprint density at radius 1 is 1.60 bits per heavy atom. The zero-order valence-electron chi connectivity index (χ0n) is 8.30. The van der Waals surface area contributed by atoms with Gasteiger partial charge in [0, 0.05) is 18.3 Å². The molecule has 0 bridgehead atoms. The molecule has 0 saturated heterocycles. The molecule has 0 aliphatic carbocycles. The van der Waals surface area contributed by atoms with E-state index in [0.717, 1.165) is 0 Å². The predicted molar refractivity (Wildman–Crippen MR) is 51.1 cm³/mol. The molecule has 0 radical (unpaired) electrons. The van der Waals surface area contributed by atoms with Gasteiger partial charge in [0.05, 0.1) is 18.2 Å². The van der Waals surface area contributed by atoms with E-state index in [1.165, 1.54) is 6.20 Å². The lowest BCUT2D eigenvalue weighted by Crippen LogP contribution is -2.10. The van der Waals surface area contributed by atoms with E-state index in [0.29, 0.717) is 16.8 Å². The van der Waals surface area contributed by atoms with Gasteiger partial charge in [-0.25, -0.2) is 8.78 Å². The zero-order valence-corrected chi connectivity index (χ0v) is 8.30. The summed E-state index contributed by atoms with van der Waals surface area (Å²) < 4.78 is 25.5. The minimum Gasteiger partial charge on any atom is -0.326 e. The fourth-order valence-electron chi connectivity index (χ4n) is 1.47. The number of rotatable bonds is 3. The summed E-state index contributed by atoms with van der Waals surface area (Å²) in [6.45, 7) is 1.54. The van der Waals surface area contributed by atoms with Gasteiger partial charge in [-0.2, -0.15) is 5.26 Å². The van der Waals surface area contributed by atoms with E-state index >= 15 is 0 Å². The van der Waals surface area contributed by atoms with Crippen molar-refractivity contribution in [1.29, 1.82) is 5.26 Å². The highest BCUT2D eigenvalue weighted by Gasteiger charge is 2.18. The van der Waals surface area contributed by atoms with Gasteiger partial charge >= 0.3 is 0 Å². The topological polar surface area (TPSA) is 62.7 Å². The Morgan fingerprint density at radius 2 is 2.27 bits per heavy atom. The summed E-state index contributed by atoms with van der Waals surface area (Å²) in [5.74, 6) is 0. The SMILES string of the molecule is Cc1cnc(CC#N)c(CN)c1C(F)F. The molecule has 15 heavy (non-hydrogen) atoms. The van der Waals surface area contributed by atoms with Crippen molar-refractivity contribution in [2.45, 2.75) is 26.3 Å². The van der Waals surface area contributed by atoms with Crippen LogP contribution in [-0.4, -0.2) is 4.98 Å². The van der Waals surface area contributed by atoms with Crippen LogP contribution in [0.3, 0.4) is 0 Å². The molecule has 1 heterocycles. The third-order valence-electron chi connectivity index (χ3n) is 2.18. The Bertz CT molecular complexity index is 396. The maximum Gasteiger partial charge on any atom is 0.264 e. The quantitative estimate of drug-likeness (QED) is 0.829. The molecule has 1 aromatic heterocycles. The molecule has 80 valence electrons. The minimum atomic E-state index is -2.58. The summed E-state index contributed by atoms with van der Waals surface area (Å²) in [5, 5.41) is 8.52. The first kappa shape index (κ1) is 11.5. The van der Waals surface area contributed by atoms with Crippen LogP contribution in [0, 0.1) is 18.3 Å². The molecule has 0 aromatic carbocycles. The second kappa shape index (κ2) is 4.80. The van der Waals surface area contributed by atoms with Gasteiger partial charge in [0.2, 0.25) is 0 Å². The molecule has 0 spiro atoms. The van der Waals surface area contributed by atoms with Gasteiger partial charge in [0.25, 0.3) is 6.43 Å². The molecule has 0 aliphatic heterocycles. The van der Waals surface area contributed by atoms with Gasteiger partial charge in [-0.1, -0.05) is 0 Å². The minimum absolute atomic E-state index is 0.00648. The van der Waals surface area contributed by atoms with Crippen molar-refractivity contribution < 1.29 is 8.78 Å². The van der Waals surface area contributed by atoms with Gasteiger partial charge in [0.15, 0.2) is 0 Å². The first-order valence-corrected chi connectivity index (χ1v) is 4.44. The maximum absolute atomic E-state index is 12.7. The fraction of sp³-hybridized carbons (Fsp3) is 0.400. The first-order chi connectivity index (χ1) is 7.11. The summed E-state index contributed by atoms with van der Waals surface area (Å²) in [6.07, 6.45) is -1.22. The molecule has 0 amide bonds. The number of nitrogens with two attached hydrogens (primary N) is 1. The van der Waals surface area contributed by atoms with Gasteiger partial charge in [-0.15, -0.1) is 0 Å². The van der Waals surface area contributed by atoms with Crippen molar-refractivity contribution in [3.8, 4) is 6.07 Å². The van der Waals surface area contributed by atoms with Gasteiger partial charge in [-0.05, 0) is 18.1 Å². The van der Waals surface area contributed by atoms with Crippen LogP contribution in [0.5, 0.6) is 0 Å². The summed E-state index contributed by atoms with van der Waals surface area (Å²) in [6, 6.07) is 1.88. The van der Waals surface area contributed by atoms with Crippen LogP contribution < -0.4 is 5.73 Å². The lowest BCUT2D eigenvalue weighted by molar-refractivity contribution is 0.149. The smallest absolute Gasteiger partial charge is 0.264 e. The van der Waals surface area contributed by atoms with Gasteiger partial charge < -0.3 is 5.73 Å². The second-order valence-corrected chi connectivity index (χ2v) is 3.12. The van der Waals surface area contributed by atoms with Crippen molar-refractivity contribution >= 4 is 0 Å². The first-order valence-electron chi connectivity index (χ1n) is 4.44. The van der Waals surface area contributed by atoms with E-state index in [1.807, 2.05) is 6.07 Å². The highest BCUT2D eigenvalue weighted by molar-refractivity contribution is 5.37. The number of aryl methyl sites for hydroxylation is 1. The molecule has 0 unspecified atom stereocenters. The Balaban J connectivity index is 3.34. The molecule has 3 nitrogen and oxygen atoms in total. The third kappa shape index (κ3) is 2.28. The van der Waals surface area contributed by atoms with Crippen LogP contribution in [0.15, 0.2) is 6.20 Å². The number of alkyl halides is 2. The molecular weight excluding hydrogens is 200 g/mol. The summed E-state index contributed by atoms with van der Waals surface area (Å²) in [7, 11) is 0. The van der Waals surface area contributed by atoms with E-state index in [-0.39, 0.29) is 18.5 Å². The van der Waals surface area contributed by atoms with Crippen LogP contribution in [0.2, 0.25) is 0 Å². The monoisotopic (exact) mass is 211 g/mol. The van der Waals surface area contributed by atoms with Crippen molar-refractivity contribution in [3.63, 3.8) is 0 Å². The number of nitrogens with zero attached hydrogens (tertiary/aromatic N) is 2. The normalized spacial score (nSPS) is 10.4. The molecule has 1 aromatic rings. The van der Waals surface area contributed by atoms with Crippen LogP contribution >= 0.6 is 0 Å². The molecule has 0 saturated carbocycles. The summed E-state index contributed by atoms with van der Waals surface area (Å²) in [5.41, 5.74) is 6.38. The number of halogens is 2. The Morgan fingerprint density at radius 3 is 2.73 bits per heavy atom. The van der Waals surface area contributed by atoms with Crippen LogP contribution in [0.1, 0.15) is 28.8 Å². The molecule has 0 atom stereocenters. The number of hydrogen-bond donors (Lipinski definition) is 1. The van der Waals surface area contributed by atoms with Gasteiger partial charge in [-0.3, -0.25) is 4.98 Å². The molecule has 0 aliphatic rings. The van der Waals surface area contributed by atoms with E-state index in [2.05, 4.69) is 4.98 Å². The van der Waals surface area contributed by atoms with E-state index in [9.17, 15) is 8.78 Å². The second-order valence-electron chi connectivity index (χ2n) is 3.12. The molecule has 1 rings (SSSR count). The van der Waals surface area contributed by atoms with E-state index in [4.69, 9.17) is 11.0 Å². The fourth-order valence-corrected chi connectivity index (χ4v) is 1.47. The standard InChI is InChI=1S/C10H11F2N3/c1-6-5-15-8(2-3-13)7(4-14)9(6)10(11)12/h5,10H,2,4,14H2,1H3. The average molecular weight is 211 g/mol. The predicted octanol–water partition coefficient (Wildman–Crippen LogP) is 1.85. The van der Waals surface area contributed by atoms with Crippen LogP contribution in [0.25, 0.3) is 0 Å². The molecular formula is C10H11F2N3. The Hall–Kier alpha value is -1.54. The Kier molecular flexibility index (Phi) is 3.69. The highest BCUT2D eigenvalue weighted by Crippen LogP contribution is 2.27. The van der Waals surface area contributed by atoms with E-state index in [1.54, 1.807) is 6.92 Å². The van der Waals surface area contributed by atoms with Gasteiger partial charge in [0.1, 0.15) is 0 Å². The van der Waals surface area contributed by atoms with Crippen LogP contribution in [-0.2, 0) is 13.0 Å². The molecule has 2 N–H and O–H groups in total. The number of nitriles is 1. The van der Waals surface area contributed by atoms with Crippen molar-refractivity contribution in [3.05, 3.63) is 28.6 Å². The summed E-state index contributed by atoms with van der Waals surface area (Å²) in [4.78, 5) is 3.95. The van der Waals surface area contributed by atoms with Crippen molar-refractivity contribution in [2.75, 3.05) is 0 Å².